The van der Waals surface area contributed by atoms with Crippen LogP contribution in [0.15, 0.2) is 64.5 Å². The van der Waals surface area contributed by atoms with Gasteiger partial charge in [0.05, 0.1) is 23.8 Å². The van der Waals surface area contributed by atoms with E-state index < -0.39 is 0 Å². The fourth-order valence-electron chi connectivity index (χ4n) is 2.86. The van der Waals surface area contributed by atoms with E-state index in [1.807, 2.05) is 65.7 Å². The fraction of sp³-hybridized carbons (Fsp3) is 0.200. The molecule has 0 radical (unpaired) electrons. The summed E-state index contributed by atoms with van der Waals surface area (Å²) >= 11 is 7.34. The van der Waals surface area contributed by atoms with Crippen molar-refractivity contribution >= 4 is 46.2 Å². The van der Waals surface area contributed by atoms with Gasteiger partial charge in [-0.2, -0.15) is 0 Å². The molecule has 4 rings (SSSR count). The molecule has 0 bridgehead atoms. The van der Waals surface area contributed by atoms with Crippen LogP contribution < -0.4 is 0 Å². The molecule has 5 nitrogen and oxygen atoms in total. The summed E-state index contributed by atoms with van der Waals surface area (Å²) in [7, 11) is 0. The molecule has 0 aromatic heterocycles. The summed E-state index contributed by atoms with van der Waals surface area (Å²) in [6.07, 6.45) is 1.88. The molecule has 1 amide bonds. The number of carbonyl (C=O) groups excluding carboxylic acids is 1. The van der Waals surface area contributed by atoms with Gasteiger partial charge in [0.25, 0.3) is 5.91 Å². The highest BCUT2D eigenvalue weighted by molar-refractivity contribution is 8.18. The molecule has 2 aliphatic rings. The largest absolute Gasteiger partial charge is 0.379 e. The van der Waals surface area contributed by atoms with Crippen LogP contribution in [0.25, 0.3) is 6.08 Å². The Bertz CT molecular complexity index is 878. The third kappa shape index (κ3) is 4.25. The van der Waals surface area contributed by atoms with Gasteiger partial charge in [0.15, 0.2) is 5.17 Å². The second-order valence-electron chi connectivity index (χ2n) is 6.08. The molecule has 0 atom stereocenters. The molecule has 0 N–H and O–H groups in total. The standard InChI is InChI=1S/C20H18ClN3O2S/c21-16-8-6-15(7-9-16)14-18-19(25)24(23-10-12-26-13-11-23)20(27-18)22-17-4-2-1-3-5-17/h1-9,14H,10-13H2/b18-14-,22-20?. The second-order valence-corrected chi connectivity index (χ2v) is 7.52. The van der Waals surface area contributed by atoms with Gasteiger partial charge in [-0.05, 0) is 47.7 Å². The normalized spacial score (nSPS) is 21.4. The molecule has 7 heteroatoms. The number of para-hydroxylation sites is 1. The monoisotopic (exact) mass is 399 g/mol. The van der Waals surface area contributed by atoms with Crippen LogP contribution in [0.3, 0.4) is 0 Å². The molecule has 0 spiro atoms. The molecule has 0 unspecified atom stereocenters. The average molecular weight is 400 g/mol. The highest BCUT2D eigenvalue weighted by Gasteiger charge is 2.38. The lowest BCUT2D eigenvalue weighted by molar-refractivity contribution is -0.138. The van der Waals surface area contributed by atoms with Crippen molar-refractivity contribution in [2.24, 2.45) is 4.99 Å². The maximum atomic E-state index is 13.1. The molecular formula is C20H18ClN3O2S. The third-order valence-corrected chi connectivity index (χ3v) is 5.42. The van der Waals surface area contributed by atoms with E-state index in [9.17, 15) is 4.79 Å². The summed E-state index contributed by atoms with van der Waals surface area (Å²) in [6.45, 7) is 2.52. The number of hydrogen-bond acceptors (Lipinski definition) is 5. The zero-order valence-electron chi connectivity index (χ0n) is 14.5. The van der Waals surface area contributed by atoms with Crippen LogP contribution in [-0.4, -0.2) is 47.4 Å². The number of amidine groups is 1. The Balaban J connectivity index is 1.68. The minimum atomic E-state index is -0.0634. The van der Waals surface area contributed by atoms with Crippen molar-refractivity contribution in [1.29, 1.82) is 0 Å². The Labute approximate surface area is 167 Å². The molecule has 2 aliphatic heterocycles. The molecule has 2 aromatic carbocycles. The van der Waals surface area contributed by atoms with Gasteiger partial charge < -0.3 is 4.74 Å². The Kier molecular flexibility index (Phi) is 5.59. The van der Waals surface area contributed by atoms with E-state index in [0.717, 1.165) is 11.3 Å². The zero-order chi connectivity index (χ0) is 18.6. The first-order chi connectivity index (χ1) is 13.2. The number of rotatable bonds is 3. The summed E-state index contributed by atoms with van der Waals surface area (Å²) in [4.78, 5) is 18.5. The predicted molar refractivity (Wildman–Crippen MR) is 110 cm³/mol. The van der Waals surface area contributed by atoms with Gasteiger partial charge in [0.2, 0.25) is 0 Å². The van der Waals surface area contributed by atoms with Crippen LogP contribution in [0.4, 0.5) is 5.69 Å². The Morgan fingerprint density at radius 2 is 1.74 bits per heavy atom. The molecule has 0 saturated carbocycles. The maximum Gasteiger partial charge on any atom is 0.281 e. The number of ether oxygens (including phenoxy) is 1. The molecule has 27 heavy (non-hydrogen) atoms. The van der Waals surface area contributed by atoms with Crippen LogP contribution in [0.2, 0.25) is 5.02 Å². The Hall–Kier alpha value is -2.12. The molecule has 2 heterocycles. The highest BCUT2D eigenvalue weighted by Crippen LogP contribution is 2.35. The SMILES string of the molecule is O=C1/C(=C/c2ccc(Cl)cc2)SC(=Nc2ccccc2)N1N1CCOCC1. The zero-order valence-corrected chi connectivity index (χ0v) is 16.1. The van der Waals surface area contributed by atoms with Gasteiger partial charge in [-0.15, -0.1) is 0 Å². The molecular weight excluding hydrogens is 382 g/mol. The number of benzene rings is 2. The van der Waals surface area contributed by atoms with E-state index >= 15 is 0 Å². The number of amides is 1. The molecule has 138 valence electrons. The van der Waals surface area contributed by atoms with Gasteiger partial charge in [-0.3, -0.25) is 4.79 Å². The van der Waals surface area contributed by atoms with E-state index in [-0.39, 0.29) is 5.91 Å². The first-order valence-corrected chi connectivity index (χ1v) is 9.86. The van der Waals surface area contributed by atoms with Crippen LogP contribution in [0, 0.1) is 0 Å². The number of halogens is 1. The van der Waals surface area contributed by atoms with Crippen molar-refractivity contribution in [2.75, 3.05) is 26.3 Å². The van der Waals surface area contributed by atoms with E-state index in [1.54, 1.807) is 5.01 Å². The van der Waals surface area contributed by atoms with E-state index in [1.165, 1.54) is 11.8 Å². The molecule has 0 aliphatic carbocycles. The number of hydrogen-bond donors (Lipinski definition) is 0. The lowest BCUT2D eigenvalue weighted by Crippen LogP contribution is -2.51. The van der Waals surface area contributed by atoms with Crippen molar-refractivity contribution < 1.29 is 9.53 Å². The van der Waals surface area contributed by atoms with Crippen molar-refractivity contribution in [1.82, 2.24) is 10.0 Å². The number of hydrazine groups is 1. The quantitative estimate of drug-likeness (QED) is 0.726. The maximum absolute atomic E-state index is 13.1. The number of nitrogens with zero attached hydrogens (tertiary/aromatic N) is 3. The summed E-state index contributed by atoms with van der Waals surface area (Å²) in [5.74, 6) is -0.0634. The average Bonchev–Trinajstić information content (AvgIpc) is 3.00. The minimum absolute atomic E-state index is 0.0634. The van der Waals surface area contributed by atoms with E-state index in [2.05, 4.69) is 0 Å². The van der Waals surface area contributed by atoms with Crippen molar-refractivity contribution in [2.45, 2.75) is 0 Å². The summed E-state index contributed by atoms with van der Waals surface area (Å²) in [5.41, 5.74) is 1.75. The first-order valence-electron chi connectivity index (χ1n) is 8.66. The van der Waals surface area contributed by atoms with Gasteiger partial charge in [-0.1, -0.05) is 41.9 Å². The molecule has 2 saturated heterocycles. The van der Waals surface area contributed by atoms with Gasteiger partial charge >= 0.3 is 0 Å². The second kappa shape index (κ2) is 8.27. The van der Waals surface area contributed by atoms with Gasteiger partial charge in [0.1, 0.15) is 0 Å². The molecule has 2 aromatic rings. The third-order valence-electron chi connectivity index (χ3n) is 4.20. The number of carbonyl (C=O) groups is 1. The lowest BCUT2D eigenvalue weighted by atomic mass is 10.2. The summed E-state index contributed by atoms with van der Waals surface area (Å²) < 4.78 is 5.43. The van der Waals surface area contributed by atoms with E-state index in [4.69, 9.17) is 21.3 Å². The topological polar surface area (TPSA) is 45.1 Å². The smallest absolute Gasteiger partial charge is 0.281 e. The lowest BCUT2D eigenvalue weighted by Gasteiger charge is -2.33. The predicted octanol–water partition coefficient (Wildman–Crippen LogP) is 4.19. The fourth-order valence-corrected chi connectivity index (χ4v) is 3.99. The number of thioether (sulfide) groups is 1. The molecule has 2 fully saturated rings. The Morgan fingerprint density at radius 3 is 2.44 bits per heavy atom. The number of aliphatic imine (C=N–C) groups is 1. The Morgan fingerprint density at radius 1 is 1.04 bits per heavy atom. The van der Waals surface area contributed by atoms with Crippen molar-refractivity contribution in [3.05, 3.63) is 70.1 Å². The minimum Gasteiger partial charge on any atom is -0.379 e. The van der Waals surface area contributed by atoms with Gasteiger partial charge in [0, 0.05) is 18.1 Å². The van der Waals surface area contributed by atoms with Crippen molar-refractivity contribution in [3.63, 3.8) is 0 Å². The van der Waals surface area contributed by atoms with Crippen LogP contribution in [-0.2, 0) is 9.53 Å². The summed E-state index contributed by atoms with van der Waals surface area (Å²) in [6, 6.07) is 17.1. The van der Waals surface area contributed by atoms with Crippen LogP contribution in [0.1, 0.15) is 5.56 Å². The number of morpholine rings is 1. The first kappa shape index (κ1) is 18.3. The van der Waals surface area contributed by atoms with Crippen LogP contribution >= 0.6 is 23.4 Å². The summed E-state index contributed by atoms with van der Waals surface area (Å²) in [5, 5.41) is 5.02. The van der Waals surface area contributed by atoms with Crippen LogP contribution in [0.5, 0.6) is 0 Å². The van der Waals surface area contributed by atoms with Gasteiger partial charge in [-0.25, -0.2) is 15.0 Å². The highest BCUT2D eigenvalue weighted by atomic mass is 35.5. The van der Waals surface area contributed by atoms with E-state index in [0.29, 0.717) is 41.4 Å². The van der Waals surface area contributed by atoms with Crippen molar-refractivity contribution in [3.8, 4) is 0 Å².